The number of halogens is 1. The SMILES string of the molecule is Cc1cc(-c2nc(-c3ccc(F)cc3)no2)c(C)n1CC(=O)NCc1ccc2c(c1)OCO2. The van der Waals surface area contributed by atoms with E-state index in [2.05, 4.69) is 15.5 Å². The largest absolute Gasteiger partial charge is 0.454 e. The molecule has 0 aliphatic carbocycles. The van der Waals surface area contributed by atoms with Crippen LogP contribution in [0.25, 0.3) is 22.8 Å². The van der Waals surface area contributed by atoms with Crippen molar-refractivity contribution in [1.82, 2.24) is 20.0 Å². The molecule has 5 rings (SSSR count). The van der Waals surface area contributed by atoms with Crippen molar-refractivity contribution in [3.05, 3.63) is 71.3 Å². The number of benzene rings is 2. The molecule has 0 atom stereocenters. The van der Waals surface area contributed by atoms with Gasteiger partial charge in [-0.1, -0.05) is 11.2 Å². The Kier molecular flexibility index (Phi) is 5.29. The zero-order valence-electron chi connectivity index (χ0n) is 18.1. The average molecular weight is 448 g/mol. The van der Waals surface area contributed by atoms with E-state index in [9.17, 15) is 9.18 Å². The number of fused-ring (bicyclic) bond motifs is 1. The third-order valence-electron chi connectivity index (χ3n) is 5.56. The van der Waals surface area contributed by atoms with Gasteiger partial charge in [0.05, 0.1) is 5.56 Å². The van der Waals surface area contributed by atoms with Gasteiger partial charge in [0, 0.05) is 23.5 Å². The normalized spacial score (nSPS) is 12.2. The Morgan fingerprint density at radius 2 is 1.88 bits per heavy atom. The molecule has 3 heterocycles. The lowest BCUT2D eigenvalue weighted by molar-refractivity contribution is -0.121. The standard InChI is InChI=1S/C24H21FN4O4/c1-14-9-19(24-27-23(28-33-24)17-4-6-18(25)7-5-17)15(2)29(14)12-22(30)26-11-16-3-8-20-21(10-16)32-13-31-20/h3-10H,11-13H2,1-2H3,(H,26,30). The number of hydrogen-bond acceptors (Lipinski definition) is 6. The molecule has 0 fully saturated rings. The van der Waals surface area contributed by atoms with E-state index in [-0.39, 0.29) is 25.1 Å². The molecule has 0 unspecified atom stereocenters. The van der Waals surface area contributed by atoms with Crippen molar-refractivity contribution in [3.8, 4) is 34.3 Å². The topological polar surface area (TPSA) is 91.4 Å². The smallest absolute Gasteiger partial charge is 0.260 e. The van der Waals surface area contributed by atoms with Crippen LogP contribution < -0.4 is 14.8 Å². The minimum Gasteiger partial charge on any atom is -0.454 e. The maximum Gasteiger partial charge on any atom is 0.260 e. The van der Waals surface area contributed by atoms with Gasteiger partial charge in [-0.25, -0.2) is 4.39 Å². The molecule has 1 N–H and O–H groups in total. The molecular formula is C24H21FN4O4. The van der Waals surface area contributed by atoms with Gasteiger partial charge in [-0.15, -0.1) is 0 Å². The highest BCUT2D eigenvalue weighted by Crippen LogP contribution is 2.32. The molecule has 33 heavy (non-hydrogen) atoms. The van der Waals surface area contributed by atoms with Crippen molar-refractivity contribution < 1.29 is 23.2 Å². The fourth-order valence-corrected chi connectivity index (χ4v) is 3.76. The summed E-state index contributed by atoms with van der Waals surface area (Å²) in [6, 6.07) is 13.4. The summed E-state index contributed by atoms with van der Waals surface area (Å²) >= 11 is 0. The number of aryl methyl sites for hydroxylation is 1. The molecule has 1 aliphatic rings. The fraction of sp³-hybridized carbons (Fsp3) is 0.208. The maximum absolute atomic E-state index is 13.2. The molecule has 2 aromatic carbocycles. The fourth-order valence-electron chi connectivity index (χ4n) is 3.76. The van der Waals surface area contributed by atoms with Crippen molar-refractivity contribution in [1.29, 1.82) is 0 Å². The summed E-state index contributed by atoms with van der Waals surface area (Å²) in [7, 11) is 0. The van der Waals surface area contributed by atoms with E-state index in [0.717, 1.165) is 22.5 Å². The van der Waals surface area contributed by atoms with E-state index in [4.69, 9.17) is 14.0 Å². The Morgan fingerprint density at radius 1 is 1.09 bits per heavy atom. The zero-order chi connectivity index (χ0) is 22.9. The van der Waals surface area contributed by atoms with Gasteiger partial charge in [-0.3, -0.25) is 4.79 Å². The summed E-state index contributed by atoms with van der Waals surface area (Å²) in [5.41, 5.74) is 4.05. The average Bonchev–Trinajstić information content (AvgIpc) is 3.54. The molecule has 0 bridgehead atoms. The molecular weight excluding hydrogens is 427 g/mol. The van der Waals surface area contributed by atoms with E-state index in [1.165, 1.54) is 12.1 Å². The van der Waals surface area contributed by atoms with Gasteiger partial charge in [-0.05, 0) is 61.9 Å². The molecule has 0 saturated heterocycles. The van der Waals surface area contributed by atoms with Crippen molar-refractivity contribution in [2.75, 3.05) is 6.79 Å². The number of carbonyl (C=O) groups excluding carboxylic acids is 1. The lowest BCUT2D eigenvalue weighted by Crippen LogP contribution is -2.27. The minimum absolute atomic E-state index is 0.126. The second kappa shape index (κ2) is 8.42. The van der Waals surface area contributed by atoms with Gasteiger partial charge in [0.15, 0.2) is 11.5 Å². The van der Waals surface area contributed by atoms with Crippen LogP contribution in [0.5, 0.6) is 11.5 Å². The molecule has 4 aromatic rings. The number of amides is 1. The number of aromatic nitrogens is 3. The van der Waals surface area contributed by atoms with Crippen LogP contribution in [-0.2, 0) is 17.9 Å². The number of nitrogens with one attached hydrogen (secondary N) is 1. The third-order valence-corrected chi connectivity index (χ3v) is 5.56. The van der Waals surface area contributed by atoms with Crippen molar-refractivity contribution in [2.24, 2.45) is 0 Å². The lowest BCUT2D eigenvalue weighted by atomic mass is 10.2. The van der Waals surface area contributed by atoms with Crippen molar-refractivity contribution in [2.45, 2.75) is 26.9 Å². The molecule has 2 aromatic heterocycles. The van der Waals surface area contributed by atoms with Crippen LogP contribution >= 0.6 is 0 Å². The first-order chi connectivity index (χ1) is 16.0. The first-order valence-corrected chi connectivity index (χ1v) is 10.4. The van der Waals surface area contributed by atoms with Gasteiger partial charge < -0.3 is 23.9 Å². The van der Waals surface area contributed by atoms with Crippen LogP contribution in [0.2, 0.25) is 0 Å². The second-order valence-electron chi connectivity index (χ2n) is 7.77. The zero-order valence-corrected chi connectivity index (χ0v) is 18.1. The van der Waals surface area contributed by atoms with Gasteiger partial charge in [0.1, 0.15) is 12.4 Å². The predicted octanol–water partition coefficient (Wildman–Crippen LogP) is 4.01. The molecule has 1 aliphatic heterocycles. The molecule has 168 valence electrons. The van der Waals surface area contributed by atoms with Gasteiger partial charge in [-0.2, -0.15) is 4.98 Å². The molecule has 0 radical (unpaired) electrons. The predicted molar refractivity (Wildman–Crippen MR) is 117 cm³/mol. The van der Waals surface area contributed by atoms with Crippen LogP contribution in [0.3, 0.4) is 0 Å². The summed E-state index contributed by atoms with van der Waals surface area (Å²) in [4.78, 5) is 17.1. The summed E-state index contributed by atoms with van der Waals surface area (Å²) in [6.45, 7) is 4.56. The van der Waals surface area contributed by atoms with E-state index in [1.54, 1.807) is 12.1 Å². The Bertz CT molecular complexity index is 1330. The first kappa shape index (κ1) is 20.7. The third kappa shape index (κ3) is 4.17. The van der Waals surface area contributed by atoms with Gasteiger partial charge in [0.25, 0.3) is 5.89 Å². The summed E-state index contributed by atoms with van der Waals surface area (Å²) in [5, 5.41) is 6.94. The Hall–Kier alpha value is -4.14. The minimum atomic E-state index is -0.331. The van der Waals surface area contributed by atoms with Crippen LogP contribution in [0.4, 0.5) is 4.39 Å². The second-order valence-corrected chi connectivity index (χ2v) is 7.77. The van der Waals surface area contributed by atoms with Crippen LogP contribution in [0.1, 0.15) is 17.0 Å². The van der Waals surface area contributed by atoms with Crippen LogP contribution in [0.15, 0.2) is 53.1 Å². The van der Waals surface area contributed by atoms with Gasteiger partial charge >= 0.3 is 0 Å². The Labute approximate surface area is 188 Å². The number of carbonyl (C=O) groups is 1. The number of ether oxygens (including phenoxy) is 2. The number of rotatable bonds is 6. The Morgan fingerprint density at radius 3 is 2.70 bits per heavy atom. The highest BCUT2D eigenvalue weighted by atomic mass is 19.1. The summed E-state index contributed by atoms with van der Waals surface area (Å²) in [5.74, 6) is 1.65. The summed E-state index contributed by atoms with van der Waals surface area (Å²) < 4.78 is 31.2. The Balaban J connectivity index is 1.28. The lowest BCUT2D eigenvalue weighted by Gasteiger charge is -2.10. The van der Waals surface area contributed by atoms with Crippen LogP contribution in [-0.4, -0.2) is 27.4 Å². The van der Waals surface area contributed by atoms with E-state index < -0.39 is 0 Å². The monoisotopic (exact) mass is 448 g/mol. The first-order valence-electron chi connectivity index (χ1n) is 10.4. The number of hydrogen-bond donors (Lipinski definition) is 1. The molecule has 9 heteroatoms. The number of nitrogens with zero attached hydrogens (tertiary/aromatic N) is 3. The van der Waals surface area contributed by atoms with E-state index in [1.807, 2.05) is 42.7 Å². The molecule has 8 nitrogen and oxygen atoms in total. The molecule has 0 spiro atoms. The highest BCUT2D eigenvalue weighted by Gasteiger charge is 2.19. The molecule has 1 amide bonds. The highest BCUT2D eigenvalue weighted by molar-refractivity contribution is 5.76. The quantitative estimate of drug-likeness (QED) is 0.479. The van der Waals surface area contributed by atoms with Gasteiger partial charge in [0.2, 0.25) is 18.5 Å². The van der Waals surface area contributed by atoms with E-state index in [0.29, 0.717) is 35.3 Å². The van der Waals surface area contributed by atoms with Crippen molar-refractivity contribution in [3.63, 3.8) is 0 Å². The maximum atomic E-state index is 13.2. The summed E-state index contributed by atoms with van der Waals surface area (Å²) in [6.07, 6.45) is 0. The van der Waals surface area contributed by atoms with E-state index >= 15 is 0 Å². The van der Waals surface area contributed by atoms with Crippen LogP contribution in [0, 0.1) is 19.7 Å². The van der Waals surface area contributed by atoms with Crippen molar-refractivity contribution >= 4 is 5.91 Å². The molecule has 0 saturated carbocycles.